The third-order valence-corrected chi connectivity index (χ3v) is 3.34. The van der Waals surface area contributed by atoms with Crippen LogP contribution >= 0.6 is 22.7 Å². The van der Waals surface area contributed by atoms with Crippen LogP contribution in [-0.2, 0) is 6.42 Å². The number of nitrogens with two attached hydrogens (primary N) is 1. The van der Waals surface area contributed by atoms with Crippen LogP contribution in [-0.4, -0.2) is 15.5 Å². The first-order valence-electron chi connectivity index (χ1n) is 4.66. The highest BCUT2D eigenvalue weighted by Crippen LogP contribution is 2.24. The molecule has 0 fully saturated rings. The molecule has 5 heteroatoms. The summed E-state index contributed by atoms with van der Waals surface area (Å²) in [5, 5.41) is 5.05. The monoisotopic (exact) mass is 239 g/mol. The molecule has 0 bridgehead atoms. The summed E-state index contributed by atoms with van der Waals surface area (Å²) >= 11 is 3.21. The molecule has 3 nitrogen and oxygen atoms in total. The van der Waals surface area contributed by atoms with E-state index in [9.17, 15) is 0 Å². The largest absolute Gasteiger partial charge is 0.325 e. The van der Waals surface area contributed by atoms with Crippen LogP contribution in [0.15, 0.2) is 16.3 Å². The smallest absolute Gasteiger partial charge is 0.142 e. The van der Waals surface area contributed by atoms with E-state index in [0.29, 0.717) is 0 Å². The summed E-state index contributed by atoms with van der Waals surface area (Å²) in [5.74, 6) is 0. The molecule has 0 aromatic carbocycles. The summed E-state index contributed by atoms with van der Waals surface area (Å²) in [4.78, 5) is 8.75. The molecule has 0 saturated carbocycles. The van der Waals surface area contributed by atoms with Gasteiger partial charge in [-0.15, -0.1) is 22.7 Å². The van der Waals surface area contributed by atoms with Crippen molar-refractivity contribution in [1.29, 1.82) is 0 Å². The van der Waals surface area contributed by atoms with Crippen molar-refractivity contribution >= 4 is 22.7 Å². The lowest BCUT2D eigenvalue weighted by molar-refractivity contribution is 0.511. The lowest BCUT2D eigenvalue weighted by Gasteiger charge is -2.15. The van der Waals surface area contributed by atoms with Crippen molar-refractivity contribution in [1.82, 2.24) is 9.97 Å². The average Bonchev–Trinajstić information content (AvgIpc) is 2.68. The Kier molecular flexibility index (Phi) is 2.86. The molecule has 0 spiro atoms. The lowest BCUT2D eigenvalue weighted by Crippen LogP contribution is -2.34. The van der Waals surface area contributed by atoms with Crippen LogP contribution in [0.5, 0.6) is 0 Å². The Morgan fingerprint density at radius 1 is 1.40 bits per heavy atom. The number of thiazole rings is 2. The molecule has 0 amide bonds. The van der Waals surface area contributed by atoms with Crippen molar-refractivity contribution in [2.75, 3.05) is 0 Å². The second-order valence-corrected chi connectivity index (χ2v) is 5.76. The number of aromatic nitrogens is 2. The summed E-state index contributed by atoms with van der Waals surface area (Å²) in [7, 11) is 0. The van der Waals surface area contributed by atoms with Gasteiger partial charge in [0.1, 0.15) is 10.7 Å². The molecule has 15 heavy (non-hydrogen) atoms. The summed E-state index contributed by atoms with van der Waals surface area (Å²) in [5.41, 5.74) is 9.58. The van der Waals surface area contributed by atoms with E-state index in [1.165, 1.54) is 0 Å². The van der Waals surface area contributed by atoms with E-state index in [2.05, 4.69) is 15.3 Å². The van der Waals surface area contributed by atoms with Gasteiger partial charge in [0.2, 0.25) is 0 Å². The Balaban J connectivity index is 2.18. The van der Waals surface area contributed by atoms with Crippen molar-refractivity contribution in [2.24, 2.45) is 5.73 Å². The van der Waals surface area contributed by atoms with Crippen LogP contribution in [0.2, 0.25) is 0 Å². The van der Waals surface area contributed by atoms with Crippen molar-refractivity contribution in [3.8, 4) is 10.7 Å². The lowest BCUT2D eigenvalue weighted by atomic mass is 10.0. The predicted octanol–water partition coefficient (Wildman–Crippen LogP) is 2.55. The molecule has 2 heterocycles. The Morgan fingerprint density at radius 2 is 2.20 bits per heavy atom. The van der Waals surface area contributed by atoms with E-state index in [4.69, 9.17) is 5.73 Å². The Labute approximate surface area is 97.0 Å². The molecule has 0 unspecified atom stereocenters. The number of nitrogens with zero attached hydrogens (tertiary/aromatic N) is 2. The fraction of sp³-hybridized carbons (Fsp3) is 0.400. The van der Waals surface area contributed by atoms with E-state index >= 15 is 0 Å². The van der Waals surface area contributed by atoms with Gasteiger partial charge in [0.15, 0.2) is 0 Å². The van der Waals surface area contributed by atoms with Crippen LogP contribution in [0.3, 0.4) is 0 Å². The van der Waals surface area contributed by atoms with Gasteiger partial charge in [-0.25, -0.2) is 9.97 Å². The molecule has 80 valence electrons. The minimum atomic E-state index is -0.201. The van der Waals surface area contributed by atoms with Gasteiger partial charge in [-0.2, -0.15) is 0 Å². The van der Waals surface area contributed by atoms with Crippen LogP contribution in [0.1, 0.15) is 19.5 Å². The van der Waals surface area contributed by atoms with Crippen LogP contribution in [0, 0.1) is 0 Å². The molecule has 2 rings (SSSR count). The molecule has 0 radical (unpaired) electrons. The molecule has 0 atom stereocenters. The fourth-order valence-corrected chi connectivity index (χ4v) is 2.69. The minimum absolute atomic E-state index is 0.201. The highest BCUT2D eigenvalue weighted by Gasteiger charge is 2.14. The van der Waals surface area contributed by atoms with Gasteiger partial charge in [-0.1, -0.05) is 0 Å². The third-order valence-electron chi connectivity index (χ3n) is 1.84. The van der Waals surface area contributed by atoms with Gasteiger partial charge in [0, 0.05) is 22.7 Å². The van der Waals surface area contributed by atoms with Crippen LogP contribution in [0.25, 0.3) is 10.7 Å². The van der Waals surface area contributed by atoms with E-state index < -0.39 is 0 Å². The molecule has 0 aliphatic carbocycles. The first kappa shape index (κ1) is 10.7. The van der Waals surface area contributed by atoms with Gasteiger partial charge < -0.3 is 5.73 Å². The van der Waals surface area contributed by atoms with Crippen molar-refractivity contribution in [2.45, 2.75) is 25.8 Å². The van der Waals surface area contributed by atoms with Gasteiger partial charge >= 0.3 is 0 Å². The zero-order valence-corrected chi connectivity index (χ0v) is 10.4. The molecule has 2 aromatic heterocycles. The van der Waals surface area contributed by atoms with Crippen LogP contribution < -0.4 is 5.73 Å². The Morgan fingerprint density at radius 3 is 2.80 bits per heavy atom. The van der Waals surface area contributed by atoms with E-state index in [-0.39, 0.29) is 5.54 Å². The fourth-order valence-electron chi connectivity index (χ4n) is 1.29. The molecule has 0 aliphatic rings. The van der Waals surface area contributed by atoms with E-state index in [0.717, 1.165) is 22.8 Å². The second-order valence-electron chi connectivity index (χ2n) is 4.18. The van der Waals surface area contributed by atoms with Crippen molar-refractivity contribution in [3.63, 3.8) is 0 Å². The summed E-state index contributed by atoms with van der Waals surface area (Å²) in [6.45, 7) is 4.02. The summed E-state index contributed by atoms with van der Waals surface area (Å²) in [6, 6.07) is 0. The molecular formula is C10H13N3S2. The quantitative estimate of drug-likeness (QED) is 0.895. The molecule has 2 aromatic rings. The normalized spacial score (nSPS) is 11.9. The summed E-state index contributed by atoms with van der Waals surface area (Å²) < 4.78 is 0. The van der Waals surface area contributed by atoms with E-state index in [1.807, 2.05) is 24.7 Å². The number of hydrogen-bond acceptors (Lipinski definition) is 5. The zero-order chi connectivity index (χ0) is 10.9. The SMILES string of the molecule is CC(C)(N)Cc1csc(-c2cscn2)n1. The van der Waals surface area contributed by atoms with Crippen molar-refractivity contribution < 1.29 is 0 Å². The molecule has 0 saturated heterocycles. The highest BCUT2D eigenvalue weighted by molar-refractivity contribution is 7.13. The van der Waals surface area contributed by atoms with E-state index in [1.54, 1.807) is 22.7 Å². The maximum atomic E-state index is 5.95. The first-order valence-corrected chi connectivity index (χ1v) is 6.49. The Hall–Kier alpha value is -0.780. The highest BCUT2D eigenvalue weighted by atomic mass is 32.1. The first-order chi connectivity index (χ1) is 7.04. The van der Waals surface area contributed by atoms with Crippen molar-refractivity contribution in [3.05, 3.63) is 22.0 Å². The van der Waals surface area contributed by atoms with Gasteiger partial charge in [0.25, 0.3) is 0 Å². The maximum Gasteiger partial charge on any atom is 0.142 e. The minimum Gasteiger partial charge on any atom is -0.325 e. The van der Waals surface area contributed by atoms with Gasteiger partial charge in [-0.3, -0.25) is 0 Å². The number of hydrogen-bond donors (Lipinski definition) is 1. The third kappa shape index (κ3) is 2.84. The molecule has 2 N–H and O–H groups in total. The van der Waals surface area contributed by atoms with Gasteiger partial charge in [0.05, 0.1) is 11.2 Å². The topological polar surface area (TPSA) is 51.8 Å². The second kappa shape index (κ2) is 4.00. The molecule has 0 aliphatic heterocycles. The maximum absolute atomic E-state index is 5.95. The predicted molar refractivity (Wildman–Crippen MR) is 65.2 cm³/mol. The van der Waals surface area contributed by atoms with Gasteiger partial charge in [-0.05, 0) is 13.8 Å². The Bertz CT molecular complexity index is 426. The molecular weight excluding hydrogens is 226 g/mol. The zero-order valence-electron chi connectivity index (χ0n) is 8.73. The average molecular weight is 239 g/mol. The van der Waals surface area contributed by atoms with Crippen LogP contribution in [0.4, 0.5) is 0 Å². The number of rotatable bonds is 3. The standard InChI is InChI=1S/C10H13N3S2/c1-10(2,11)3-7-4-15-9(13-7)8-5-14-6-12-8/h4-6H,3,11H2,1-2H3. The summed E-state index contributed by atoms with van der Waals surface area (Å²) in [6.07, 6.45) is 0.799.